The van der Waals surface area contributed by atoms with E-state index in [1.54, 1.807) is 46.2 Å². The van der Waals surface area contributed by atoms with Crippen molar-refractivity contribution in [2.75, 3.05) is 32.8 Å². The van der Waals surface area contributed by atoms with E-state index >= 15 is 0 Å². The number of rotatable bonds is 5. The number of carbonyl (C=O) groups excluding carboxylic acids is 2. The SMILES string of the molecule is CCCOC(=O)N1CCN(C(=O)c2ccc3c(Cl)cc(-c4ccc(F)c(CN)c4)nc3c2)CC1. The van der Waals surface area contributed by atoms with E-state index in [9.17, 15) is 14.0 Å². The number of amides is 2. The van der Waals surface area contributed by atoms with Gasteiger partial charge in [0, 0.05) is 54.8 Å². The van der Waals surface area contributed by atoms with E-state index < -0.39 is 0 Å². The van der Waals surface area contributed by atoms with Crippen molar-refractivity contribution in [1.82, 2.24) is 14.8 Å². The number of ether oxygens (including phenoxy) is 1. The van der Waals surface area contributed by atoms with Crippen LogP contribution in [0.2, 0.25) is 5.02 Å². The number of nitrogens with zero attached hydrogens (tertiary/aromatic N) is 3. The average molecular weight is 485 g/mol. The van der Waals surface area contributed by atoms with Crippen LogP contribution in [0, 0.1) is 5.82 Å². The molecular weight excluding hydrogens is 459 g/mol. The first kappa shape index (κ1) is 23.9. The molecule has 3 aromatic rings. The minimum atomic E-state index is -0.371. The summed E-state index contributed by atoms with van der Waals surface area (Å²) in [6.07, 6.45) is 0.422. The van der Waals surface area contributed by atoms with Gasteiger partial charge in [0.25, 0.3) is 5.91 Å². The lowest BCUT2D eigenvalue weighted by Crippen LogP contribution is -2.50. The number of piperazine rings is 1. The van der Waals surface area contributed by atoms with Gasteiger partial charge < -0.3 is 20.3 Å². The Hall–Kier alpha value is -3.23. The summed E-state index contributed by atoms with van der Waals surface area (Å²) >= 11 is 6.50. The molecule has 0 aliphatic carbocycles. The zero-order valence-electron chi connectivity index (χ0n) is 18.9. The molecule has 0 bridgehead atoms. The minimum absolute atomic E-state index is 0.0726. The number of pyridine rings is 1. The summed E-state index contributed by atoms with van der Waals surface area (Å²) in [5.74, 6) is -0.510. The van der Waals surface area contributed by atoms with Gasteiger partial charge in [-0.05, 0) is 42.8 Å². The van der Waals surface area contributed by atoms with Crippen molar-refractivity contribution in [2.45, 2.75) is 19.9 Å². The van der Waals surface area contributed by atoms with Gasteiger partial charge in [-0.1, -0.05) is 24.6 Å². The normalized spacial score (nSPS) is 13.9. The summed E-state index contributed by atoms with van der Waals surface area (Å²) < 4.78 is 19.0. The lowest BCUT2D eigenvalue weighted by Gasteiger charge is -2.34. The Bertz CT molecular complexity index is 1230. The maximum atomic E-state index is 13.9. The highest BCUT2D eigenvalue weighted by molar-refractivity contribution is 6.35. The smallest absolute Gasteiger partial charge is 0.409 e. The maximum Gasteiger partial charge on any atom is 0.409 e. The first-order valence-electron chi connectivity index (χ1n) is 11.2. The molecule has 2 aromatic carbocycles. The highest BCUT2D eigenvalue weighted by Gasteiger charge is 2.26. The van der Waals surface area contributed by atoms with Crippen LogP contribution in [0.4, 0.5) is 9.18 Å². The topological polar surface area (TPSA) is 88.8 Å². The summed E-state index contributed by atoms with van der Waals surface area (Å²) in [7, 11) is 0. The van der Waals surface area contributed by atoms with Gasteiger partial charge in [0.15, 0.2) is 0 Å². The molecule has 1 aromatic heterocycles. The van der Waals surface area contributed by atoms with Crippen LogP contribution in [0.1, 0.15) is 29.3 Å². The number of halogens is 2. The lowest BCUT2D eigenvalue weighted by atomic mass is 10.0. The fraction of sp³-hybridized carbons (Fsp3) is 0.320. The second-order valence-corrected chi connectivity index (χ2v) is 8.53. The molecule has 0 atom stereocenters. The van der Waals surface area contributed by atoms with Crippen molar-refractivity contribution in [3.05, 3.63) is 64.4 Å². The third-order valence-corrected chi connectivity index (χ3v) is 6.14. The molecule has 0 saturated carbocycles. The van der Waals surface area contributed by atoms with Crippen molar-refractivity contribution >= 4 is 34.5 Å². The van der Waals surface area contributed by atoms with E-state index in [-0.39, 0.29) is 24.4 Å². The molecule has 1 saturated heterocycles. The van der Waals surface area contributed by atoms with Crippen LogP contribution in [-0.4, -0.2) is 59.6 Å². The van der Waals surface area contributed by atoms with E-state index in [4.69, 9.17) is 22.1 Å². The van der Waals surface area contributed by atoms with Gasteiger partial charge in [-0.15, -0.1) is 0 Å². The zero-order chi connectivity index (χ0) is 24.2. The largest absolute Gasteiger partial charge is 0.449 e. The summed E-state index contributed by atoms with van der Waals surface area (Å²) in [4.78, 5) is 33.2. The molecule has 1 fully saturated rings. The Morgan fingerprint density at radius 3 is 2.53 bits per heavy atom. The second-order valence-electron chi connectivity index (χ2n) is 8.13. The van der Waals surface area contributed by atoms with Gasteiger partial charge in [-0.25, -0.2) is 14.2 Å². The van der Waals surface area contributed by atoms with Crippen LogP contribution in [0.3, 0.4) is 0 Å². The summed E-state index contributed by atoms with van der Waals surface area (Å²) in [5.41, 5.74) is 8.32. The molecule has 178 valence electrons. The van der Waals surface area contributed by atoms with Crippen LogP contribution in [-0.2, 0) is 11.3 Å². The maximum absolute atomic E-state index is 13.9. The first-order valence-corrected chi connectivity index (χ1v) is 11.6. The van der Waals surface area contributed by atoms with E-state index in [0.29, 0.717) is 71.1 Å². The second kappa shape index (κ2) is 10.4. The Kier molecular flexibility index (Phi) is 7.29. The first-order chi connectivity index (χ1) is 16.4. The van der Waals surface area contributed by atoms with Gasteiger partial charge in [0.1, 0.15) is 5.82 Å². The number of carbonyl (C=O) groups is 2. The van der Waals surface area contributed by atoms with Gasteiger partial charge in [0.05, 0.1) is 22.8 Å². The summed E-state index contributed by atoms with van der Waals surface area (Å²) in [6.45, 7) is 4.08. The number of hydrogen-bond donors (Lipinski definition) is 1. The van der Waals surface area contributed by atoms with Crippen molar-refractivity contribution < 1.29 is 18.7 Å². The number of aromatic nitrogens is 1. The van der Waals surface area contributed by atoms with Crippen LogP contribution in [0.25, 0.3) is 22.2 Å². The number of nitrogens with two attached hydrogens (primary N) is 1. The molecule has 9 heteroatoms. The lowest BCUT2D eigenvalue weighted by molar-refractivity contribution is 0.0560. The quantitative estimate of drug-likeness (QED) is 0.577. The molecule has 34 heavy (non-hydrogen) atoms. The van der Waals surface area contributed by atoms with Gasteiger partial charge in [-0.2, -0.15) is 0 Å². The molecule has 4 rings (SSSR count). The molecule has 7 nitrogen and oxygen atoms in total. The molecule has 2 amide bonds. The Morgan fingerprint density at radius 1 is 1.09 bits per heavy atom. The van der Waals surface area contributed by atoms with Crippen LogP contribution < -0.4 is 5.73 Å². The van der Waals surface area contributed by atoms with Crippen molar-refractivity contribution in [3.8, 4) is 11.3 Å². The molecule has 2 heterocycles. The van der Waals surface area contributed by atoms with Crippen molar-refractivity contribution in [3.63, 3.8) is 0 Å². The van der Waals surface area contributed by atoms with E-state index in [1.165, 1.54) is 6.07 Å². The number of fused-ring (bicyclic) bond motifs is 1. The van der Waals surface area contributed by atoms with E-state index in [2.05, 4.69) is 4.98 Å². The van der Waals surface area contributed by atoms with Gasteiger partial charge >= 0.3 is 6.09 Å². The highest BCUT2D eigenvalue weighted by atomic mass is 35.5. The average Bonchev–Trinajstić information content (AvgIpc) is 2.86. The predicted octanol–water partition coefficient (Wildman–Crippen LogP) is 4.46. The van der Waals surface area contributed by atoms with Crippen molar-refractivity contribution in [1.29, 1.82) is 0 Å². The highest BCUT2D eigenvalue weighted by Crippen LogP contribution is 2.30. The van der Waals surface area contributed by atoms with Gasteiger partial charge in [0.2, 0.25) is 0 Å². The minimum Gasteiger partial charge on any atom is -0.449 e. The van der Waals surface area contributed by atoms with Crippen LogP contribution in [0.5, 0.6) is 0 Å². The fourth-order valence-corrected chi connectivity index (χ4v) is 4.18. The molecule has 2 N–H and O–H groups in total. The fourth-order valence-electron chi connectivity index (χ4n) is 3.91. The van der Waals surface area contributed by atoms with Gasteiger partial charge in [-0.3, -0.25) is 4.79 Å². The molecule has 1 aliphatic rings. The predicted molar refractivity (Wildman–Crippen MR) is 129 cm³/mol. The standard InChI is InChI=1S/C25H26ClFN4O3/c1-2-11-34-25(33)31-9-7-30(8-10-31)24(32)17-3-5-19-20(26)14-22(29-23(19)13-17)16-4-6-21(27)18(12-16)15-28/h3-6,12-14H,2,7-11,15,28H2,1H3. The molecule has 1 aliphatic heterocycles. The Morgan fingerprint density at radius 2 is 1.82 bits per heavy atom. The molecule has 0 radical (unpaired) electrons. The number of benzene rings is 2. The molecular formula is C25H26ClFN4O3. The monoisotopic (exact) mass is 484 g/mol. The third-order valence-electron chi connectivity index (χ3n) is 5.82. The number of hydrogen-bond acceptors (Lipinski definition) is 5. The van der Waals surface area contributed by atoms with Crippen molar-refractivity contribution in [2.24, 2.45) is 5.73 Å². The van der Waals surface area contributed by atoms with E-state index in [1.807, 2.05) is 6.92 Å². The summed E-state index contributed by atoms with van der Waals surface area (Å²) in [6, 6.07) is 11.6. The summed E-state index contributed by atoms with van der Waals surface area (Å²) in [5, 5.41) is 1.20. The third kappa shape index (κ3) is 4.98. The Balaban J connectivity index is 1.55. The zero-order valence-corrected chi connectivity index (χ0v) is 19.6. The van der Waals surface area contributed by atoms with E-state index in [0.717, 1.165) is 6.42 Å². The molecule has 0 spiro atoms. The van der Waals surface area contributed by atoms with Crippen LogP contribution >= 0.6 is 11.6 Å². The van der Waals surface area contributed by atoms with Crippen LogP contribution in [0.15, 0.2) is 42.5 Å². The Labute approximate surface area is 202 Å². The molecule has 0 unspecified atom stereocenters.